The molecule has 1 aromatic rings. The highest BCUT2D eigenvalue weighted by Gasteiger charge is 2.21. The maximum Gasteiger partial charge on any atom is 0.321 e. The van der Waals surface area contributed by atoms with Crippen molar-refractivity contribution in [1.29, 1.82) is 0 Å². The summed E-state index contributed by atoms with van der Waals surface area (Å²) in [6.45, 7) is 11.0. The van der Waals surface area contributed by atoms with Crippen molar-refractivity contribution in [3.63, 3.8) is 0 Å². The van der Waals surface area contributed by atoms with Crippen LogP contribution < -0.4 is 5.32 Å². The third-order valence-electron chi connectivity index (χ3n) is 3.91. The Morgan fingerprint density at radius 2 is 1.75 bits per heavy atom. The molecule has 1 heterocycles. The topological polar surface area (TPSA) is 35.6 Å². The minimum absolute atomic E-state index is 0.0264. The summed E-state index contributed by atoms with van der Waals surface area (Å²) < 4.78 is 0. The normalized spacial score (nSPS) is 16.2. The predicted molar refractivity (Wildman–Crippen MR) is 83.2 cm³/mol. The number of para-hydroxylation sites is 1. The van der Waals surface area contributed by atoms with Crippen LogP contribution in [0, 0.1) is 13.8 Å². The molecular weight excluding hydrogens is 250 g/mol. The molecule has 0 bridgehead atoms. The molecule has 20 heavy (non-hydrogen) atoms. The molecule has 4 nitrogen and oxygen atoms in total. The van der Waals surface area contributed by atoms with Crippen molar-refractivity contribution >= 4 is 11.7 Å². The van der Waals surface area contributed by atoms with Crippen LogP contribution in [0.5, 0.6) is 0 Å². The SMILES string of the molecule is CCCN1CCN(C(=O)Nc2c(C)cccc2C)CC1. The number of nitrogens with one attached hydrogen (secondary N) is 1. The highest BCUT2D eigenvalue weighted by molar-refractivity contribution is 5.91. The predicted octanol–water partition coefficient (Wildman–Crippen LogP) is 2.86. The lowest BCUT2D eigenvalue weighted by atomic mass is 10.1. The van der Waals surface area contributed by atoms with Gasteiger partial charge in [0.05, 0.1) is 0 Å². The van der Waals surface area contributed by atoms with Gasteiger partial charge in [0.15, 0.2) is 0 Å². The number of piperazine rings is 1. The van der Waals surface area contributed by atoms with Gasteiger partial charge < -0.3 is 10.2 Å². The first-order chi connectivity index (χ1) is 9.61. The monoisotopic (exact) mass is 275 g/mol. The van der Waals surface area contributed by atoms with Crippen LogP contribution in [0.4, 0.5) is 10.5 Å². The van der Waals surface area contributed by atoms with E-state index >= 15 is 0 Å². The van der Waals surface area contributed by atoms with E-state index in [9.17, 15) is 4.79 Å². The number of hydrogen-bond acceptors (Lipinski definition) is 2. The van der Waals surface area contributed by atoms with E-state index in [-0.39, 0.29) is 6.03 Å². The van der Waals surface area contributed by atoms with Gasteiger partial charge in [-0.3, -0.25) is 4.90 Å². The van der Waals surface area contributed by atoms with Gasteiger partial charge >= 0.3 is 6.03 Å². The Hall–Kier alpha value is -1.55. The Kier molecular flexibility index (Phi) is 5.01. The van der Waals surface area contributed by atoms with Gasteiger partial charge in [-0.15, -0.1) is 0 Å². The molecule has 0 unspecified atom stereocenters. The summed E-state index contributed by atoms with van der Waals surface area (Å²) in [7, 11) is 0. The van der Waals surface area contributed by atoms with Crippen LogP contribution >= 0.6 is 0 Å². The standard InChI is InChI=1S/C16H25N3O/c1-4-8-18-9-11-19(12-10-18)16(20)17-15-13(2)6-5-7-14(15)3/h5-7H,4,8-12H2,1-3H3,(H,17,20). The average Bonchev–Trinajstić information content (AvgIpc) is 2.44. The number of amides is 2. The Morgan fingerprint density at radius 3 is 2.30 bits per heavy atom. The molecule has 0 aromatic heterocycles. The van der Waals surface area contributed by atoms with Crippen molar-refractivity contribution in [2.45, 2.75) is 27.2 Å². The van der Waals surface area contributed by atoms with Crippen LogP contribution in [0.2, 0.25) is 0 Å². The fraction of sp³-hybridized carbons (Fsp3) is 0.562. The average molecular weight is 275 g/mol. The van der Waals surface area contributed by atoms with Crippen molar-refractivity contribution in [2.24, 2.45) is 0 Å². The second-order valence-corrected chi connectivity index (χ2v) is 5.53. The summed E-state index contributed by atoms with van der Waals surface area (Å²) in [6, 6.07) is 6.10. The zero-order chi connectivity index (χ0) is 14.5. The molecule has 110 valence electrons. The van der Waals surface area contributed by atoms with Gasteiger partial charge in [0.25, 0.3) is 0 Å². The molecule has 0 aliphatic carbocycles. The van der Waals surface area contributed by atoms with Crippen molar-refractivity contribution in [1.82, 2.24) is 9.80 Å². The molecule has 2 rings (SSSR count). The molecule has 1 aliphatic rings. The van der Waals surface area contributed by atoms with Gasteiger partial charge in [-0.1, -0.05) is 25.1 Å². The number of nitrogens with zero attached hydrogens (tertiary/aromatic N) is 2. The fourth-order valence-corrected chi connectivity index (χ4v) is 2.69. The first-order valence-electron chi connectivity index (χ1n) is 7.46. The zero-order valence-corrected chi connectivity index (χ0v) is 12.8. The Bertz CT molecular complexity index is 445. The molecule has 4 heteroatoms. The van der Waals surface area contributed by atoms with Crippen molar-refractivity contribution in [3.8, 4) is 0 Å². The summed E-state index contributed by atoms with van der Waals surface area (Å²) in [4.78, 5) is 16.7. The lowest BCUT2D eigenvalue weighted by Crippen LogP contribution is -2.50. The van der Waals surface area contributed by atoms with Crippen LogP contribution in [-0.2, 0) is 0 Å². The lowest BCUT2D eigenvalue weighted by molar-refractivity contribution is 0.147. The van der Waals surface area contributed by atoms with Gasteiger partial charge in [-0.2, -0.15) is 0 Å². The van der Waals surface area contributed by atoms with Crippen molar-refractivity contribution < 1.29 is 4.79 Å². The van der Waals surface area contributed by atoms with Crippen LogP contribution in [0.15, 0.2) is 18.2 Å². The van der Waals surface area contributed by atoms with E-state index in [2.05, 4.69) is 17.1 Å². The van der Waals surface area contributed by atoms with Crippen molar-refractivity contribution in [3.05, 3.63) is 29.3 Å². The Morgan fingerprint density at radius 1 is 1.15 bits per heavy atom. The number of anilines is 1. The van der Waals surface area contributed by atoms with E-state index in [0.717, 1.165) is 49.5 Å². The molecule has 1 aromatic carbocycles. The Balaban J connectivity index is 1.93. The van der Waals surface area contributed by atoms with E-state index in [1.54, 1.807) is 0 Å². The highest BCUT2D eigenvalue weighted by atomic mass is 16.2. The summed E-state index contributed by atoms with van der Waals surface area (Å²) in [5.41, 5.74) is 3.18. The maximum absolute atomic E-state index is 12.3. The van der Waals surface area contributed by atoms with E-state index in [0.29, 0.717) is 0 Å². The quantitative estimate of drug-likeness (QED) is 0.920. The zero-order valence-electron chi connectivity index (χ0n) is 12.8. The third-order valence-corrected chi connectivity index (χ3v) is 3.91. The van der Waals surface area contributed by atoms with Crippen LogP contribution in [0.25, 0.3) is 0 Å². The first-order valence-corrected chi connectivity index (χ1v) is 7.46. The van der Waals surface area contributed by atoms with Crippen molar-refractivity contribution in [2.75, 3.05) is 38.0 Å². The van der Waals surface area contributed by atoms with E-state index in [1.165, 1.54) is 6.42 Å². The lowest BCUT2D eigenvalue weighted by Gasteiger charge is -2.34. The summed E-state index contributed by atoms with van der Waals surface area (Å²) in [6.07, 6.45) is 1.18. The van der Waals surface area contributed by atoms with E-state index < -0.39 is 0 Å². The van der Waals surface area contributed by atoms with Gasteiger partial charge in [-0.25, -0.2) is 4.79 Å². The van der Waals surface area contributed by atoms with Crippen LogP contribution in [0.3, 0.4) is 0 Å². The number of carbonyl (C=O) groups is 1. The molecule has 2 amide bonds. The third kappa shape index (κ3) is 3.51. The summed E-state index contributed by atoms with van der Waals surface area (Å²) >= 11 is 0. The fourth-order valence-electron chi connectivity index (χ4n) is 2.69. The minimum atomic E-state index is 0.0264. The van der Waals surface area contributed by atoms with Gasteiger partial charge in [0, 0.05) is 31.9 Å². The Labute approximate surface area is 121 Å². The second-order valence-electron chi connectivity index (χ2n) is 5.53. The first kappa shape index (κ1) is 14.9. The highest BCUT2D eigenvalue weighted by Crippen LogP contribution is 2.20. The number of urea groups is 1. The molecule has 0 saturated carbocycles. The second kappa shape index (κ2) is 6.75. The van der Waals surface area contributed by atoms with E-state index in [4.69, 9.17) is 0 Å². The molecule has 1 N–H and O–H groups in total. The smallest absolute Gasteiger partial charge is 0.321 e. The molecule has 0 radical (unpaired) electrons. The van der Waals surface area contributed by atoms with Gasteiger partial charge in [0.1, 0.15) is 0 Å². The van der Waals surface area contributed by atoms with Crippen LogP contribution in [0.1, 0.15) is 24.5 Å². The number of rotatable bonds is 3. The molecule has 0 atom stereocenters. The summed E-state index contributed by atoms with van der Waals surface area (Å²) in [5.74, 6) is 0. The van der Waals surface area contributed by atoms with Crippen LogP contribution in [-0.4, -0.2) is 48.6 Å². The number of carbonyl (C=O) groups excluding carboxylic acids is 1. The summed E-state index contributed by atoms with van der Waals surface area (Å²) in [5, 5.41) is 3.06. The maximum atomic E-state index is 12.3. The van der Waals surface area contributed by atoms with E-state index in [1.807, 2.05) is 36.9 Å². The molecule has 1 fully saturated rings. The minimum Gasteiger partial charge on any atom is -0.322 e. The molecule has 0 spiro atoms. The molecule has 1 aliphatic heterocycles. The van der Waals surface area contributed by atoms with Gasteiger partial charge in [-0.05, 0) is 37.9 Å². The van der Waals surface area contributed by atoms with Gasteiger partial charge in [0.2, 0.25) is 0 Å². The number of aryl methyl sites for hydroxylation is 2. The molecular formula is C16H25N3O. The number of benzene rings is 1. The largest absolute Gasteiger partial charge is 0.322 e. The molecule has 1 saturated heterocycles. The number of hydrogen-bond donors (Lipinski definition) is 1.